The first-order valence-electron chi connectivity index (χ1n) is 6.47. The molecule has 0 fully saturated rings. The predicted molar refractivity (Wildman–Crippen MR) is 76.0 cm³/mol. The third-order valence-corrected chi connectivity index (χ3v) is 2.60. The highest BCUT2D eigenvalue weighted by Crippen LogP contribution is 2.25. The maximum atomic E-state index is 9.79. The molecule has 0 aliphatic rings. The number of benzene rings is 1. The Hall–Kier alpha value is -1.42. The van der Waals surface area contributed by atoms with Crippen molar-refractivity contribution >= 4 is 11.4 Å². The first kappa shape index (κ1) is 14.6. The number of nitrogens with one attached hydrogen (secondary N) is 1. The number of nitrogen functional groups attached to an aromatic ring is 1. The minimum absolute atomic E-state index is 0.335. The zero-order valence-corrected chi connectivity index (χ0v) is 11.4. The normalized spacial score (nSPS) is 12.5. The van der Waals surface area contributed by atoms with Crippen molar-refractivity contribution < 1.29 is 9.84 Å². The Morgan fingerprint density at radius 3 is 2.72 bits per heavy atom. The summed E-state index contributed by atoms with van der Waals surface area (Å²) < 4.78 is 5.42. The standard InChI is InChI=1S/C14H24N2O2/c1-4-18-14-8-11(5-6-13(14)15)16-9-12(17)7-10(2)3/h5-6,8,10,12,16-17H,4,7,9,15H2,1-3H3. The summed E-state index contributed by atoms with van der Waals surface area (Å²) in [6, 6.07) is 5.56. The lowest BCUT2D eigenvalue weighted by Gasteiger charge is -2.15. The topological polar surface area (TPSA) is 67.5 Å². The maximum Gasteiger partial charge on any atom is 0.144 e. The molecule has 0 saturated heterocycles. The van der Waals surface area contributed by atoms with Crippen LogP contribution >= 0.6 is 0 Å². The van der Waals surface area contributed by atoms with Crippen LogP contribution in [0.15, 0.2) is 18.2 Å². The first-order chi connectivity index (χ1) is 8.52. The first-order valence-corrected chi connectivity index (χ1v) is 6.47. The number of aliphatic hydroxyl groups is 1. The van der Waals surface area contributed by atoms with Crippen LogP contribution in [0.5, 0.6) is 5.75 Å². The largest absolute Gasteiger partial charge is 0.492 e. The molecule has 0 bridgehead atoms. The summed E-state index contributed by atoms with van der Waals surface area (Å²) in [6.07, 6.45) is 0.457. The third-order valence-electron chi connectivity index (χ3n) is 2.60. The van der Waals surface area contributed by atoms with Gasteiger partial charge in [0.05, 0.1) is 18.4 Å². The van der Waals surface area contributed by atoms with E-state index in [1.807, 2.05) is 25.1 Å². The highest BCUT2D eigenvalue weighted by atomic mass is 16.5. The van der Waals surface area contributed by atoms with E-state index in [1.165, 1.54) is 0 Å². The van der Waals surface area contributed by atoms with E-state index in [1.54, 1.807) is 0 Å². The predicted octanol–water partition coefficient (Wildman–Crippen LogP) is 2.49. The van der Waals surface area contributed by atoms with Crippen molar-refractivity contribution in [3.8, 4) is 5.75 Å². The van der Waals surface area contributed by atoms with Crippen molar-refractivity contribution in [1.29, 1.82) is 0 Å². The lowest BCUT2D eigenvalue weighted by atomic mass is 10.1. The van der Waals surface area contributed by atoms with Crippen molar-refractivity contribution in [2.24, 2.45) is 5.92 Å². The second kappa shape index (κ2) is 7.11. The summed E-state index contributed by atoms with van der Waals surface area (Å²) in [6.45, 7) is 7.24. The van der Waals surface area contributed by atoms with Crippen LogP contribution in [0.3, 0.4) is 0 Å². The minimum atomic E-state index is -0.335. The number of aliphatic hydroxyl groups excluding tert-OH is 1. The molecule has 0 aliphatic carbocycles. The average Bonchev–Trinajstić information content (AvgIpc) is 2.29. The molecule has 0 amide bonds. The van der Waals surface area contributed by atoms with Gasteiger partial charge >= 0.3 is 0 Å². The second-order valence-corrected chi connectivity index (χ2v) is 4.85. The molecule has 1 rings (SSSR count). The molecule has 0 aliphatic heterocycles. The van der Waals surface area contributed by atoms with Gasteiger partial charge in [0.25, 0.3) is 0 Å². The molecule has 102 valence electrons. The molecule has 0 saturated carbocycles. The van der Waals surface area contributed by atoms with Crippen LogP contribution < -0.4 is 15.8 Å². The molecule has 0 spiro atoms. The van der Waals surface area contributed by atoms with Gasteiger partial charge in [-0.2, -0.15) is 0 Å². The molecule has 4 nitrogen and oxygen atoms in total. The molecule has 1 atom stereocenters. The van der Waals surface area contributed by atoms with Crippen molar-refractivity contribution in [2.75, 3.05) is 24.2 Å². The van der Waals surface area contributed by atoms with Gasteiger partial charge in [-0.05, 0) is 31.4 Å². The number of rotatable bonds is 7. The molecule has 0 heterocycles. The number of anilines is 2. The summed E-state index contributed by atoms with van der Waals surface area (Å²) in [5, 5.41) is 13.0. The number of nitrogens with two attached hydrogens (primary N) is 1. The molecule has 0 radical (unpaired) electrons. The molecular formula is C14H24N2O2. The number of ether oxygens (including phenoxy) is 1. The van der Waals surface area contributed by atoms with Gasteiger partial charge < -0.3 is 20.9 Å². The van der Waals surface area contributed by atoms with Gasteiger partial charge in [-0.25, -0.2) is 0 Å². The number of hydrogen-bond donors (Lipinski definition) is 3. The van der Waals surface area contributed by atoms with E-state index in [0.717, 1.165) is 12.1 Å². The van der Waals surface area contributed by atoms with Crippen LogP contribution in [0.1, 0.15) is 27.2 Å². The zero-order valence-electron chi connectivity index (χ0n) is 11.4. The quantitative estimate of drug-likeness (QED) is 0.652. The van der Waals surface area contributed by atoms with Gasteiger partial charge in [-0.3, -0.25) is 0 Å². The van der Waals surface area contributed by atoms with Crippen molar-refractivity contribution in [3.63, 3.8) is 0 Å². The Kier molecular flexibility index (Phi) is 5.78. The fourth-order valence-corrected chi connectivity index (χ4v) is 1.79. The van der Waals surface area contributed by atoms with Crippen molar-refractivity contribution in [2.45, 2.75) is 33.3 Å². The lowest BCUT2D eigenvalue weighted by Crippen LogP contribution is -2.21. The number of hydrogen-bond acceptors (Lipinski definition) is 4. The lowest BCUT2D eigenvalue weighted by molar-refractivity contribution is 0.161. The molecule has 4 N–H and O–H groups in total. The maximum absolute atomic E-state index is 9.79. The van der Waals surface area contributed by atoms with E-state index in [9.17, 15) is 5.11 Å². The van der Waals surface area contributed by atoms with Gasteiger partial charge in [-0.1, -0.05) is 13.8 Å². The highest BCUT2D eigenvalue weighted by Gasteiger charge is 2.07. The fourth-order valence-electron chi connectivity index (χ4n) is 1.79. The Labute approximate surface area is 109 Å². The zero-order chi connectivity index (χ0) is 13.5. The van der Waals surface area contributed by atoms with Gasteiger partial charge in [0.1, 0.15) is 5.75 Å². The second-order valence-electron chi connectivity index (χ2n) is 4.85. The Balaban J connectivity index is 2.54. The molecule has 1 aromatic carbocycles. The van der Waals surface area contributed by atoms with E-state index in [0.29, 0.717) is 30.5 Å². The molecule has 1 unspecified atom stereocenters. The van der Waals surface area contributed by atoms with Crippen LogP contribution in [0, 0.1) is 5.92 Å². The smallest absolute Gasteiger partial charge is 0.144 e. The van der Waals surface area contributed by atoms with Gasteiger partial charge in [-0.15, -0.1) is 0 Å². The molecule has 0 aromatic heterocycles. The van der Waals surface area contributed by atoms with E-state index in [4.69, 9.17) is 10.5 Å². The Morgan fingerprint density at radius 1 is 1.39 bits per heavy atom. The Bertz CT molecular complexity index is 367. The van der Waals surface area contributed by atoms with Crippen molar-refractivity contribution in [3.05, 3.63) is 18.2 Å². The van der Waals surface area contributed by atoms with Crippen LogP contribution in [-0.2, 0) is 0 Å². The van der Waals surface area contributed by atoms with Crippen molar-refractivity contribution in [1.82, 2.24) is 0 Å². The van der Waals surface area contributed by atoms with Gasteiger partial charge in [0.15, 0.2) is 0 Å². The summed E-state index contributed by atoms with van der Waals surface area (Å²) >= 11 is 0. The van der Waals surface area contributed by atoms with Crippen LogP contribution in [0.4, 0.5) is 11.4 Å². The highest BCUT2D eigenvalue weighted by molar-refractivity contribution is 5.61. The van der Waals surface area contributed by atoms with E-state index in [-0.39, 0.29) is 6.10 Å². The van der Waals surface area contributed by atoms with Crippen LogP contribution in [-0.4, -0.2) is 24.4 Å². The van der Waals surface area contributed by atoms with E-state index < -0.39 is 0 Å². The van der Waals surface area contributed by atoms with Gasteiger partial charge in [0, 0.05) is 18.3 Å². The third kappa shape index (κ3) is 4.84. The summed E-state index contributed by atoms with van der Waals surface area (Å²) in [5.74, 6) is 1.17. The van der Waals surface area contributed by atoms with E-state index >= 15 is 0 Å². The molecule has 18 heavy (non-hydrogen) atoms. The van der Waals surface area contributed by atoms with E-state index in [2.05, 4.69) is 19.2 Å². The molecular weight excluding hydrogens is 228 g/mol. The fraction of sp³-hybridized carbons (Fsp3) is 0.571. The van der Waals surface area contributed by atoms with Crippen LogP contribution in [0.25, 0.3) is 0 Å². The molecule has 4 heteroatoms. The summed E-state index contributed by atoms with van der Waals surface area (Å²) in [4.78, 5) is 0. The summed E-state index contributed by atoms with van der Waals surface area (Å²) in [5.41, 5.74) is 7.34. The van der Waals surface area contributed by atoms with Gasteiger partial charge in [0.2, 0.25) is 0 Å². The average molecular weight is 252 g/mol. The molecule has 1 aromatic rings. The minimum Gasteiger partial charge on any atom is -0.492 e. The van der Waals surface area contributed by atoms with Crippen LogP contribution in [0.2, 0.25) is 0 Å². The monoisotopic (exact) mass is 252 g/mol. The Morgan fingerprint density at radius 2 is 2.11 bits per heavy atom. The summed E-state index contributed by atoms with van der Waals surface area (Å²) in [7, 11) is 0. The SMILES string of the molecule is CCOc1cc(NCC(O)CC(C)C)ccc1N.